The van der Waals surface area contributed by atoms with Crippen LogP contribution in [0, 0.1) is 5.92 Å². The number of carbonyl (C=O) groups is 3. The lowest BCUT2D eigenvalue weighted by Gasteiger charge is -2.19. The third-order valence-electron chi connectivity index (χ3n) is 5.24. The molecule has 0 bridgehead atoms. The standard InChI is InChI=1S/C22H21F3N2O5/c1-12(19(28)26-10-18(20(29)30)22(23,24)25)27-21(31)32-11-17-15-8-4-2-6-13(15)14-7-3-5-9-16(14)17/h2-9,12,17-18H,10-11H2,1H3,(H,26,28)(H,27,31)(H,29,30). The third-order valence-corrected chi connectivity index (χ3v) is 5.24. The van der Waals surface area contributed by atoms with Crippen LogP contribution in [0.5, 0.6) is 0 Å². The normalized spacial score (nSPS) is 14.6. The molecule has 1 aliphatic rings. The van der Waals surface area contributed by atoms with Crippen LogP contribution in [0.1, 0.15) is 24.0 Å². The van der Waals surface area contributed by atoms with Crippen molar-refractivity contribution in [2.45, 2.75) is 25.1 Å². The molecule has 0 saturated carbocycles. The number of carbonyl (C=O) groups excluding carboxylic acids is 2. The number of benzene rings is 2. The lowest BCUT2D eigenvalue weighted by atomic mass is 9.98. The van der Waals surface area contributed by atoms with E-state index < -0.39 is 42.7 Å². The van der Waals surface area contributed by atoms with Crippen LogP contribution in [0.2, 0.25) is 0 Å². The predicted octanol–water partition coefficient (Wildman–Crippen LogP) is 3.29. The van der Waals surface area contributed by atoms with Crippen LogP contribution >= 0.6 is 0 Å². The van der Waals surface area contributed by atoms with Crippen LogP contribution < -0.4 is 10.6 Å². The summed E-state index contributed by atoms with van der Waals surface area (Å²) in [6, 6.07) is 14.2. The second-order valence-electron chi connectivity index (χ2n) is 7.37. The van der Waals surface area contributed by atoms with Crippen LogP contribution in [-0.2, 0) is 14.3 Å². The van der Waals surface area contributed by atoms with Gasteiger partial charge in [-0.25, -0.2) is 4.79 Å². The Bertz CT molecular complexity index is 979. The number of ether oxygens (including phenoxy) is 1. The maximum absolute atomic E-state index is 12.7. The predicted molar refractivity (Wildman–Crippen MR) is 108 cm³/mol. The Kier molecular flexibility index (Phi) is 6.71. The smallest absolute Gasteiger partial charge is 0.407 e. The van der Waals surface area contributed by atoms with Crippen molar-refractivity contribution in [2.75, 3.05) is 13.2 Å². The quantitative estimate of drug-likeness (QED) is 0.601. The summed E-state index contributed by atoms with van der Waals surface area (Å²) < 4.78 is 43.3. The molecule has 0 radical (unpaired) electrons. The molecule has 2 amide bonds. The first kappa shape index (κ1) is 23.1. The van der Waals surface area contributed by atoms with Gasteiger partial charge in [0.05, 0.1) is 0 Å². The second-order valence-corrected chi connectivity index (χ2v) is 7.37. The van der Waals surface area contributed by atoms with E-state index in [9.17, 15) is 27.6 Å². The van der Waals surface area contributed by atoms with Crippen LogP contribution in [-0.4, -0.2) is 48.4 Å². The summed E-state index contributed by atoms with van der Waals surface area (Å²) in [6.07, 6.45) is -5.93. The van der Waals surface area contributed by atoms with Crippen molar-refractivity contribution in [3.63, 3.8) is 0 Å². The molecule has 0 aromatic heterocycles. The fraction of sp³-hybridized carbons (Fsp3) is 0.318. The number of hydrogen-bond donors (Lipinski definition) is 3. The summed E-state index contributed by atoms with van der Waals surface area (Å²) >= 11 is 0. The van der Waals surface area contributed by atoms with Gasteiger partial charge in [0, 0.05) is 12.5 Å². The van der Waals surface area contributed by atoms with E-state index in [4.69, 9.17) is 9.84 Å². The summed E-state index contributed by atoms with van der Waals surface area (Å²) in [5.74, 6) is -6.00. The van der Waals surface area contributed by atoms with Crippen molar-refractivity contribution in [2.24, 2.45) is 5.92 Å². The van der Waals surface area contributed by atoms with E-state index in [2.05, 4.69) is 5.32 Å². The van der Waals surface area contributed by atoms with Gasteiger partial charge in [-0.1, -0.05) is 48.5 Å². The summed E-state index contributed by atoms with van der Waals surface area (Å²) in [5.41, 5.74) is 4.09. The zero-order valence-electron chi connectivity index (χ0n) is 17.0. The molecule has 7 nitrogen and oxygen atoms in total. The fourth-order valence-electron chi connectivity index (χ4n) is 3.58. The highest BCUT2D eigenvalue weighted by Crippen LogP contribution is 2.44. The fourth-order valence-corrected chi connectivity index (χ4v) is 3.58. The van der Waals surface area contributed by atoms with Crippen molar-refractivity contribution >= 4 is 18.0 Å². The van der Waals surface area contributed by atoms with E-state index in [1.54, 1.807) is 0 Å². The van der Waals surface area contributed by atoms with E-state index in [0.717, 1.165) is 22.3 Å². The molecule has 0 spiro atoms. The number of alkyl halides is 3. The van der Waals surface area contributed by atoms with Crippen molar-refractivity contribution in [1.82, 2.24) is 10.6 Å². The number of fused-ring (bicyclic) bond motifs is 3. The first-order valence-electron chi connectivity index (χ1n) is 9.78. The van der Waals surface area contributed by atoms with Crippen molar-refractivity contribution in [3.05, 3.63) is 59.7 Å². The van der Waals surface area contributed by atoms with Gasteiger partial charge in [-0.15, -0.1) is 0 Å². The number of nitrogens with one attached hydrogen (secondary N) is 2. The van der Waals surface area contributed by atoms with Gasteiger partial charge in [-0.3, -0.25) is 9.59 Å². The van der Waals surface area contributed by atoms with E-state index in [0.29, 0.717) is 0 Å². The number of carboxylic acids is 1. The van der Waals surface area contributed by atoms with Gasteiger partial charge in [0.1, 0.15) is 12.6 Å². The Balaban J connectivity index is 1.55. The maximum atomic E-state index is 12.7. The molecule has 3 N–H and O–H groups in total. The van der Waals surface area contributed by atoms with E-state index in [1.807, 2.05) is 53.8 Å². The second kappa shape index (κ2) is 9.29. The highest BCUT2D eigenvalue weighted by Gasteiger charge is 2.45. The molecule has 0 heterocycles. The molecule has 0 fully saturated rings. The Labute approximate surface area is 181 Å². The molecular weight excluding hydrogens is 429 g/mol. The van der Waals surface area contributed by atoms with Gasteiger partial charge in [0.25, 0.3) is 0 Å². The van der Waals surface area contributed by atoms with E-state index in [1.165, 1.54) is 6.92 Å². The van der Waals surface area contributed by atoms with Gasteiger partial charge < -0.3 is 20.5 Å². The molecule has 2 aromatic carbocycles. The largest absolute Gasteiger partial charge is 0.481 e. The molecule has 170 valence electrons. The molecule has 1 aliphatic carbocycles. The monoisotopic (exact) mass is 450 g/mol. The minimum Gasteiger partial charge on any atom is -0.481 e. The lowest BCUT2D eigenvalue weighted by Crippen LogP contribution is -2.48. The van der Waals surface area contributed by atoms with Gasteiger partial charge in [0.15, 0.2) is 5.92 Å². The van der Waals surface area contributed by atoms with Crippen LogP contribution in [0.25, 0.3) is 11.1 Å². The molecule has 2 atom stereocenters. The van der Waals surface area contributed by atoms with Crippen LogP contribution in [0.4, 0.5) is 18.0 Å². The van der Waals surface area contributed by atoms with Crippen molar-refractivity contribution in [3.8, 4) is 11.1 Å². The van der Waals surface area contributed by atoms with Gasteiger partial charge in [0.2, 0.25) is 5.91 Å². The molecule has 2 unspecified atom stereocenters. The SMILES string of the molecule is CC(NC(=O)OCC1c2ccccc2-c2ccccc21)C(=O)NCC(C(=O)O)C(F)(F)F. The van der Waals surface area contributed by atoms with Gasteiger partial charge >= 0.3 is 18.2 Å². The summed E-state index contributed by atoms with van der Waals surface area (Å²) in [4.78, 5) is 34.9. The number of amides is 2. The van der Waals surface area contributed by atoms with Crippen molar-refractivity contribution < 1.29 is 37.4 Å². The summed E-state index contributed by atoms with van der Waals surface area (Å²) in [7, 11) is 0. The lowest BCUT2D eigenvalue weighted by molar-refractivity contribution is -0.192. The number of halogens is 3. The average Bonchev–Trinajstić information content (AvgIpc) is 3.05. The maximum Gasteiger partial charge on any atom is 0.407 e. The Morgan fingerprint density at radius 2 is 1.56 bits per heavy atom. The van der Waals surface area contributed by atoms with E-state index >= 15 is 0 Å². The van der Waals surface area contributed by atoms with Crippen molar-refractivity contribution in [1.29, 1.82) is 0 Å². The summed E-state index contributed by atoms with van der Waals surface area (Å²) in [5, 5.41) is 12.8. The first-order chi connectivity index (χ1) is 15.1. The molecule has 0 saturated heterocycles. The minimum atomic E-state index is -5.01. The third kappa shape index (κ3) is 5.01. The topological polar surface area (TPSA) is 105 Å². The molecule has 2 aromatic rings. The Hall–Kier alpha value is -3.56. The number of carboxylic acid groups (broad SMARTS) is 1. The molecule has 0 aliphatic heterocycles. The number of alkyl carbamates (subject to hydrolysis) is 1. The number of rotatable bonds is 7. The average molecular weight is 450 g/mol. The zero-order valence-corrected chi connectivity index (χ0v) is 17.0. The van der Waals surface area contributed by atoms with Gasteiger partial charge in [-0.05, 0) is 29.2 Å². The number of hydrogen-bond acceptors (Lipinski definition) is 4. The highest BCUT2D eigenvalue weighted by atomic mass is 19.4. The van der Waals surface area contributed by atoms with Crippen LogP contribution in [0.15, 0.2) is 48.5 Å². The highest BCUT2D eigenvalue weighted by molar-refractivity contribution is 5.86. The summed E-state index contributed by atoms with van der Waals surface area (Å²) in [6.45, 7) is 0.109. The zero-order chi connectivity index (χ0) is 23.5. The number of aliphatic carboxylic acids is 1. The first-order valence-corrected chi connectivity index (χ1v) is 9.78. The van der Waals surface area contributed by atoms with E-state index in [-0.39, 0.29) is 12.5 Å². The minimum absolute atomic E-state index is 0.00333. The molecular formula is C22H21F3N2O5. The Morgan fingerprint density at radius 3 is 2.06 bits per heavy atom. The molecule has 3 rings (SSSR count). The van der Waals surface area contributed by atoms with Gasteiger partial charge in [-0.2, -0.15) is 13.2 Å². The Morgan fingerprint density at radius 1 is 1.03 bits per heavy atom. The van der Waals surface area contributed by atoms with Crippen LogP contribution in [0.3, 0.4) is 0 Å². The molecule has 32 heavy (non-hydrogen) atoms. The molecule has 10 heteroatoms.